The molecule has 1 aromatic heterocycles. The second kappa shape index (κ2) is 5.91. The van der Waals surface area contributed by atoms with Crippen LogP contribution in [0.5, 0.6) is 0 Å². The molecular weight excluding hydrogens is 188 g/mol. The van der Waals surface area contributed by atoms with Gasteiger partial charge >= 0.3 is 0 Å². The highest BCUT2D eigenvalue weighted by Gasteiger charge is 2.12. The van der Waals surface area contributed by atoms with E-state index >= 15 is 0 Å². The second-order valence-corrected chi connectivity index (χ2v) is 4.20. The van der Waals surface area contributed by atoms with E-state index in [1.807, 2.05) is 20.0 Å². The lowest BCUT2D eigenvalue weighted by Crippen LogP contribution is -2.05. The molecule has 0 saturated heterocycles. The molecule has 0 saturated carbocycles. The number of aliphatic hydroxyl groups is 1. The molecule has 1 rings (SSSR count). The van der Waals surface area contributed by atoms with Crippen molar-refractivity contribution in [2.75, 3.05) is 0 Å². The Kier molecular flexibility index (Phi) is 4.82. The predicted octanol–water partition coefficient (Wildman–Crippen LogP) is 2.73. The molecule has 1 atom stereocenters. The van der Waals surface area contributed by atoms with Gasteiger partial charge < -0.3 is 5.11 Å². The van der Waals surface area contributed by atoms with Gasteiger partial charge in [-0.05, 0) is 19.4 Å². The highest BCUT2D eigenvalue weighted by atomic mass is 16.3. The molecule has 0 aliphatic rings. The van der Waals surface area contributed by atoms with Gasteiger partial charge in [0.2, 0.25) is 0 Å². The lowest BCUT2D eigenvalue weighted by molar-refractivity contribution is 0.154. The largest absolute Gasteiger partial charge is 0.387 e. The van der Waals surface area contributed by atoms with Crippen molar-refractivity contribution < 1.29 is 5.11 Å². The van der Waals surface area contributed by atoms with Gasteiger partial charge in [0.05, 0.1) is 17.5 Å². The Bertz CT molecular complexity index is 294. The van der Waals surface area contributed by atoms with Gasteiger partial charge in [0.25, 0.3) is 0 Å². The van der Waals surface area contributed by atoms with E-state index in [0.717, 1.165) is 24.2 Å². The van der Waals surface area contributed by atoms with Gasteiger partial charge in [-0.1, -0.05) is 32.6 Å². The zero-order valence-electron chi connectivity index (χ0n) is 10.0. The third-order valence-electron chi connectivity index (χ3n) is 2.71. The third kappa shape index (κ3) is 3.67. The number of aryl methyl sites for hydroxylation is 2. The molecular formula is C12H22N2O. The lowest BCUT2D eigenvalue weighted by atomic mass is 10.1. The van der Waals surface area contributed by atoms with Gasteiger partial charge in [0.1, 0.15) is 0 Å². The van der Waals surface area contributed by atoms with Gasteiger partial charge in [0, 0.05) is 7.05 Å². The predicted molar refractivity (Wildman–Crippen MR) is 61.7 cm³/mol. The minimum atomic E-state index is -0.354. The molecule has 0 aromatic carbocycles. The quantitative estimate of drug-likeness (QED) is 0.733. The van der Waals surface area contributed by atoms with Crippen molar-refractivity contribution in [3.63, 3.8) is 0 Å². The summed E-state index contributed by atoms with van der Waals surface area (Å²) in [6.45, 7) is 4.15. The van der Waals surface area contributed by atoms with Crippen LogP contribution in [-0.4, -0.2) is 14.9 Å². The second-order valence-electron chi connectivity index (χ2n) is 4.20. The molecule has 1 unspecified atom stereocenters. The molecule has 3 heteroatoms. The molecule has 3 nitrogen and oxygen atoms in total. The number of aliphatic hydroxyl groups excluding tert-OH is 1. The summed E-state index contributed by atoms with van der Waals surface area (Å²) in [6, 6.07) is 1.96. The summed E-state index contributed by atoms with van der Waals surface area (Å²) in [5, 5.41) is 14.2. The van der Waals surface area contributed by atoms with Crippen LogP contribution in [0, 0.1) is 6.92 Å². The van der Waals surface area contributed by atoms with Gasteiger partial charge in [-0.3, -0.25) is 4.68 Å². The van der Waals surface area contributed by atoms with E-state index in [1.165, 1.54) is 19.3 Å². The summed E-state index contributed by atoms with van der Waals surface area (Å²) in [7, 11) is 1.89. The third-order valence-corrected chi connectivity index (χ3v) is 2.71. The van der Waals surface area contributed by atoms with Crippen LogP contribution >= 0.6 is 0 Å². The van der Waals surface area contributed by atoms with Crippen LogP contribution in [0.4, 0.5) is 0 Å². The summed E-state index contributed by atoms with van der Waals surface area (Å²) in [5.74, 6) is 0. The maximum absolute atomic E-state index is 9.95. The van der Waals surface area contributed by atoms with Gasteiger partial charge in [0.15, 0.2) is 0 Å². The summed E-state index contributed by atoms with van der Waals surface area (Å²) < 4.78 is 1.78. The molecule has 1 N–H and O–H groups in total. The number of hydrogen-bond donors (Lipinski definition) is 1. The molecule has 0 radical (unpaired) electrons. The van der Waals surface area contributed by atoms with E-state index in [9.17, 15) is 5.11 Å². The number of aromatic nitrogens is 2. The fourth-order valence-electron chi connectivity index (χ4n) is 1.85. The zero-order valence-corrected chi connectivity index (χ0v) is 10.0. The average molecular weight is 210 g/mol. The number of unbranched alkanes of at least 4 members (excludes halogenated alkanes) is 3. The van der Waals surface area contributed by atoms with E-state index in [1.54, 1.807) is 4.68 Å². The first-order chi connectivity index (χ1) is 7.15. The van der Waals surface area contributed by atoms with Crippen LogP contribution in [-0.2, 0) is 7.05 Å². The van der Waals surface area contributed by atoms with E-state index < -0.39 is 0 Å². The van der Waals surface area contributed by atoms with Crippen molar-refractivity contribution in [3.05, 3.63) is 17.5 Å². The van der Waals surface area contributed by atoms with Crippen molar-refractivity contribution in [1.29, 1.82) is 0 Å². The molecule has 0 bridgehead atoms. The molecule has 0 aliphatic heterocycles. The number of nitrogens with zero attached hydrogens (tertiary/aromatic N) is 2. The van der Waals surface area contributed by atoms with Crippen LogP contribution in [0.25, 0.3) is 0 Å². The van der Waals surface area contributed by atoms with E-state index in [0.29, 0.717) is 0 Å². The smallest absolute Gasteiger partial charge is 0.0956 e. The Morgan fingerprint density at radius 3 is 2.67 bits per heavy atom. The van der Waals surface area contributed by atoms with E-state index in [2.05, 4.69) is 12.0 Å². The van der Waals surface area contributed by atoms with Gasteiger partial charge in [-0.25, -0.2) is 0 Å². The van der Waals surface area contributed by atoms with Crippen LogP contribution < -0.4 is 0 Å². The summed E-state index contributed by atoms with van der Waals surface area (Å²) in [4.78, 5) is 0. The Labute approximate surface area is 92.1 Å². The Morgan fingerprint density at radius 2 is 2.13 bits per heavy atom. The summed E-state index contributed by atoms with van der Waals surface area (Å²) >= 11 is 0. The van der Waals surface area contributed by atoms with E-state index in [-0.39, 0.29) is 6.10 Å². The molecule has 86 valence electrons. The van der Waals surface area contributed by atoms with Crippen molar-refractivity contribution in [2.24, 2.45) is 7.05 Å². The van der Waals surface area contributed by atoms with Crippen LogP contribution in [0.15, 0.2) is 6.07 Å². The van der Waals surface area contributed by atoms with E-state index in [4.69, 9.17) is 0 Å². The first kappa shape index (κ1) is 12.2. The normalized spacial score (nSPS) is 13.1. The minimum absolute atomic E-state index is 0.354. The zero-order chi connectivity index (χ0) is 11.3. The van der Waals surface area contributed by atoms with Crippen LogP contribution in [0.2, 0.25) is 0 Å². The molecule has 0 spiro atoms. The fraction of sp³-hybridized carbons (Fsp3) is 0.750. The molecule has 1 aromatic rings. The average Bonchev–Trinajstić information content (AvgIpc) is 2.52. The maximum atomic E-state index is 9.95. The summed E-state index contributed by atoms with van der Waals surface area (Å²) in [6.07, 6.45) is 5.30. The highest BCUT2D eigenvalue weighted by Crippen LogP contribution is 2.20. The first-order valence-corrected chi connectivity index (χ1v) is 5.83. The lowest BCUT2D eigenvalue weighted by Gasteiger charge is -2.10. The van der Waals surface area contributed by atoms with Gasteiger partial charge in [-0.2, -0.15) is 5.10 Å². The highest BCUT2D eigenvalue weighted by molar-refractivity contribution is 5.11. The molecule has 1 heterocycles. The van der Waals surface area contributed by atoms with Crippen molar-refractivity contribution >= 4 is 0 Å². The van der Waals surface area contributed by atoms with Crippen molar-refractivity contribution in [3.8, 4) is 0 Å². The van der Waals surface area contributed by atoms with Crippen molar-refractivity contribution in [1.82, 2.24) is 9.78 Å². The minimum Gasteiger partial charge on any atom is -0.387 e. The Hall–Kier alpha value is -0.830. The molecule has 0 fully saturated rings. The SMILES string of the molecule is CCCCCCC(O)c1cc(C)nn1C. The standard InChI is InChI=1S/C12H22N2O/c1-4-5-6-7-8-12(15)11-9-10(2)13-14(11)3/h9,12,15H,4-8H2,1-3H3. The van der Waals surface area contributed by atoms with Crippen LogP contribution in [0.3, 0.4) is 0 Å². The Morgan fingerprint density at radius 1 is 1.40 bits per heavy atom. The van der Waals surface area contributed by atoms with Crippen molar-refractivity contribution in [2.45, 2.75) is 52.1 Å². The Balaban J connectivity index is 2.39. The maximum Gasteiger partial charge on any atom is 0.0956 e. The summed E-state index contributed by atoms with van der Waals surface area (Å²) in [5.41, 5.74) is 1.91. The topological polar surface area (TPSA) is 38.1 Å². The van der Waals surface area contributed by atoms with Gasteiger partial charge in [-0.15, -0.1) is 0 Å². The number of rotatable bonds is 6. The first-order valence-electron chi connectivity index (χ1n) is 5.83. The number of hydrogen-bond acceptors (Lipinski definition) is 2. The fourth-order valence-corrected chi connectivity index (χ4v) is 1.85. The molecule has 15 heavy (non-hydrogen) atoms. The monoisotopic (exact) mass is 210 g/mol. The molecule has 0 aliphatic carbocycles. The van der Waals surface area contributed by atoms with Crippen LogP contribution in [0.1, 0.15) is 56.5 Å². The molecule has 0 amide bonds.